The van der Waals surface area contributed by atoms with E-state index in [0.717, 1.165) is 10.6 Å². The number of thiocarbonyl (C=S) groups is 1. The smallest absolute Gasteiger partial charge is 0.174 e. The molecule has 2 N–H and O–H groups in total. The first-order valence-electron chi connectivity index (χ1n) is 7.79. The van der Waals surface area contributed by atoms with Crippen molar-refractivity contribution in [1.82, 2.24) is 10.3 Å². The normalized spacial score (nSPS) is 19.6. The van der Waals surface area contributed by atoms with Crippen molar-refractivity contribution < 1.29 is 5.11 Å². The lowest BCUT2D eigenvalue weighted by atomic mass is 10.0. The molecule has 0 aliphatic carbocycles. The highest BCUT2D eigenvalue weighted by molar-refractivity contribution is 7.80. The molecule has 1 aliphatic heterocycles. The minimum Gasteiger partial charge on any atom is -0.506 e. The van der Waals surface area contributed by atoms with E-state index in [2.05, 4.69) is 10.3 Å². The number of nitrogens with one attached hydrogen (secondary N) is 1. The summed E-state index contributed by atoms with van der Waals surface area (Å²) in [6.07, 6.45) is 1.75. The number of aromatic nitrogens is 1. The predicted molar refractivity (Wildman–Crippen MR) is 110 cm³/mol. The summed E-state index contributed by atoms with van der Waals surface area (Å²) in [5, 5.41) is 14.8. The number of rotatable bonds is 3. The highest BCUT2D eigenvalue weighted by Gasteiger charge is 2.42. The van der Waals surface area contributed by atoms with Crippen LogP contribution in [-0.4, -0.2) is 15.2 Å². The molecule has 0 unspecified atom stereocenters. The quantitative estimate of drug-likeness (QED) is 0.559. The van der Waals surface area contributed by atoms with Crippen LogP contribution >= 0.6 is 46.8 Å². The summed E-state index contributed by atoms with van der Waals surface area (Å²) >= 11 is 19.4. The molecule has 0 radical (unpaired) electrons. The maximum Gasteiger partial charge on any atom is 0.174 e. The maximum absolute atomic E-state index is 10.4. The molecule has 1 aromatic carbocycles. The molecule has 1 saturated heterocycles. The van der Waals surface area contributed by atoms with E-state index in [1.807, 2.05) is 35.2 Å². The van der Waals surface area contributed by atoms with Crippen LogP contribution in [0.5, 0.6) is 5.75 Å². The first-order valence-corrected chi connectivity index (χ1v) is 9.77. The molecule has 26 heavy (non-hydrogen) atoms. The summed E-state index contributed by atoms with van der Waals surface area (Å²) in [5.74, 6) is 0.105. The van der Waals surface area contributed by atoms with Crippen molar-refractivity contribution >= 4 is 57.6 Å². The number of hydrogen-bond donors (Lipinski definition) is 2. The van der Waals surface area contributed by atoms with Gasteiger partial charge in [0.2, 0.25) is 0 Å². The standard InChI is InChI=1S/C18H13Cl2N3OS2/c19-10-4-5-13(24)12(9-10)23-17(14-6-7-15(20)26-14)16(22-18(23)25)11-3-1-2-8-21-11/h1-9,16-17,24H,(H,22,25)/t16-,17+/m1/s1. The minimum atomic E-state index is -0.209. The van der Waals surface area contributed by atoms with E-state index in [9.17, 15) is 5.11 Å². The van der Waals surface area contributed by atoms with Gasteiger partial charge in [0.1, 0.15) is 5.75 Å². The van der Waals surface area contributed by atoms with Gasteiger partial charge in [-0.1, -0.05) is 29.3 Å². The van der Waals surface area contributed by atoms with E-state index < -0.39 is 0 Å². The Morgan fingerprint density at radius 1 is 1.15 bits per heavy atom. The van der Waals surface area contributed by atoms with E-state index in [-0.39, 0.29) is 17.8 Å². The molecule has 8 heteroatoms. The third-order valence-electron chi connectivity index (χ3n) is 4.18. The second-order valence-electron chi connectivity index (χ2n) is 5.77. The van der Waals surface area contributed by atoms with Crippen LogP contribution < -0.4 is 10.2 Å². The van der Waals surface area contributed by atoms with E-state index >= 15 is 0 Å². The van der Waals surface area contributed by atoms with Crippen LogP contribution in [0.2, 0.25) is 9.36 Å². The molecule has 1 fully saturated rings. The van der Waals surface area contributed by atoms with Crippen LogP contribution in [0.3, 0.4) is 0 Å². The van der Waals surface area contributed by atoms with Gasteiger partial charge in [-0.05, 0) is 54.7 Å². The maximum atomic E-state index is 10.4. The number of phenolic OH excluding ortho intramolecular Hbond substituents is 1. The lowest BCUT2D eigenvalue weighted by Gasteiger charge is -2.27. The predicted octanol–water partition coefficient (Wildman–Crippen LogP) is 5.33. The third-order valence-corrected chi connectivity index (χ3v) is 6.03. The van der Waals surface area contributed by atoms with Crippen LogP contribution in [-0.2, 0) is 0 Å². The van der Waals surface area contributed by atoms with Crippen LogP contribution in [0, 0.1) is 0 Å². The number of phenols is 1. The zero-order chi connectivity index (χ0) is 18.3. The SMILES string of the molecule is Oc1ccc(Cl)cc1N1C(=S)N[C@H](c2ccccn2)[C@@H]1c1ccc(Cl)s1. The van der Waals surface area contributed by atoms with Gasteiger partial charge in [0, 0.05) is 16.1 Å². The van der Waals surface area contributed by atoms with Gasteiger partial charge in [0.15, 0.2) is 5.11 Å². The molecule has 0 spiro atoms. The Morgan fingerprint density at radius 3 is 2.69 bits per heavy atom. The average Bonchev–Trinajstić information content (AvgIpc) is 3.21. The molecular weight excluding hydrogens is 409 g/mol. The molecule has 2 aromatic heterocycles. The highest BCUT2D eigenvalue weighted by Crippen LogP contribution is 2.46. The van der Waals surface area contributed by atoms with E-state index in [0.29, 0.717) is 20.2 Å². The highest BCUT2D eigenvalue weighted by atomic mass is 35.5. The third kappa shape index (κ3) is 3.14. The number of nitrogens with zero attached hydrogens (tertiary/aromatic N) is 2. The summed E-state index contributed by atoms with van der Waals surface area (Å²) in [6.45, 7) is 0. The Hall–Kier alpha value is -1.86. The van der Waals surface area contributed by atoms with Crippen molar-refractivity contribution in [3.05, 3.63) is 74.7 Å². The number of hydrogen-bond acceptors (Lipinski definition) is 4. The fraction of sp³-hybridized carbons (Fsp3) is 0.111. The van der Waals surface area contributed by atoms with Crippen LogP contribution in [0.15, 0.2) is 54.7 Å². The van der Waals surface area contributed by atoms with Crippen LogP contribution in [0.25, 0.3) is 0 Å². The Balaban J connectivity index is 1.86. The van der Waals surface area contributed by atoms with Crippen LogP contribution in [0.4, 0.5) is 5.69 Å². The fourth-order valence-corrected chi connectivity index (χ4v) is 4.78. The van der Waals surface area contributed by atoms with Crippen LogP contribution in [0.1, 0.15) is 22.7 Å². The largest absolute Gasteiger partial charge is 0.506 e. The van der Waals surface area contributed by atoms with Crippen molar-refractivity contribution in [2.75, 3.05) is 4.90 Å². The van der Waals surface area contributed by atoms with Crippen molar-refractivity contribution in [3.63, 3.8) is 0 Å². The lowest BCUT2D eigenvalue weighted by Crippen LogP contribution is -2.29. The van der Waals surface area contributed by atoms with E-state index in [1.54, 1.807) is 24.4 Å². The van der Waals surface area contributed by atoms with Crippen molar-refractivity contribution in [1.29, 1.82) is 0 Å². The molecule has 0 bridgehead atoms. The second kappa shape index (κ2) is 7.04. The first kappa shape index (κ1) is 17.5. The van der Waals surface area contributed by atoms with Gasteiger partial charge in [0.05, 0.1) is 27.8 Å². The van der Waals surface area contributed by atoms with Gasteiger partial charge in [-0.2, -0.15) is 0 Å². The molecule has 0 amide bonds. The zero-order valence-electron chi connectivity index (χ0n) is 13.3. The number of thiophene rings is 1. The number of halogens is 2. The monoisotopic (exact) mass is 421 g/mol. The molecular formula is C18H13Cl2N3OS2. The van der Waals surface area contributed by atoms with Gasteiger partial charge >= 0.3 is 0 Å². The second-order valence-corrected chi connectivity index (χ2v) is 8.34. The fourth-order valence-electron chi connectivity index (χ4n) is 3.08. The Labute approximate surface area is 170 Å². The number of pyridine rings is 1. The zero-order valence-corrected chi connectivity index (χ0v) is 16.4. The average molecular weight is 422 g/mol. The van der Waals surface area contributed by atoms with Crippen molar-refractivity contribution in [2.45, 2.75) is 12.1 Å². The Bertz CT molecular complexity index is 964. The number of aromatic hydroxyl groups is 1. The molecule has 3 heterocycles. The molecule has 3 aromatic rings. The number of benzene rings is 1. The Kier molecular flexibility index (Phi) is 4.75. The van der Waals surface area contributed by atoms with Crippen molar-refractivity contribution in [3.8, 4) is 5.75 Å². The van der Waals surface area contributed by atoms with E-state index in [1.165, 1.54) is 11.3 Å². The molecule has 2 atom stereocenters. The Morgan fingerprint density at radius 2 is 2.00 bits per heavy atom. The lowest BCUT2D eigenvalue weighted by molar-refractivity contribution is 0.473. The molecule has 4 rings (SSSR count). The van der Waals surface area contributed by atoms with Crippen molar-refractivity contribution in [2.24, 2.45) is 0 Å². The first-order chi connectivity index (χ1) is 12.5. The van der Waals surface area contributed by atoms with Gasteiger partial charge in [-0.25, -0.2) is 0 Å². The van der Waals surface area contributed by atoms with Gasteiger partial charge < -0.3 is 15.3 Å². The minimum absolute atomic E-state index is 0.105. The molecule has 0 saturated carbocycles. The van der Waals surface area contributed by atoms with Gasteiger partial charge in [-0.15, -0.1) is 11.3 Å². The summed E-state index contributed by atoms with van der Waals surface area (Å²) in [6, 6.07) is 14.1. The summed E-state index contributed by atoms with van der Waals surface area (Å²) < 4.78 is 0.688. The molecule has 4 nitrogen and oxygen atoms in total. The summed E-state index contributed by atoms with van der Waals surface area (Å²) in [7, 11) is 0. The number of anilines is 1. The van der Waals surface area contributed by atoms with Gasteiger partial charge in [0.25, 0.3) is 0 Å². The summed E-state index contributed by atoms with van der Waals surface area (Å²) in [5.41, 5.74) is 1.40. The molecule has 132 valence electrons. The summed E-state index contributed by atoms with van der Waals surface area (Å²) in [4.78, 5) is 7.36. The topological polar surface area (TPSA) is 48.4 Å². The van der Waals surface area contributed by atoms with Gasteiger partial charge in [-0.3, -0.25) is 4.98 Å². The molecule has 1 aliphatic rings. The van der Waals surface area contributed by atoms with E-state index in [4.69, 9.17) is 35.4 Å².